The van der Waals surface area contributed by atoms with E-state index in [-0.39, 0.29) is 30.9 Å². The summed E-state index contributed by atoms with van der Waals surface area (Å²) >= 11 is 0. The van der Waals surface area contributed by atoms with Crippen molar-refractivity contribution in [1.29, 1.82) is 0 Å². The number of alkyl halides is 3. The SMILES string of the molecule is CCCN1CCOC(CNc2cccc(C(F)(F)F)c2)C1.Cl.Cl. The van der Waals surface area contributed by atoms with Gasteiger partial charge in [-0.05, 0) is 31.2 Å². The minimum atomic E-state index is -4.31. The van der Waals surface area contributed by atoms with Crippen LogP contribution in [0.3, 0.4) is 0 Å². The van der Waals surface area contributed by atoms with Crippen molar-refractivity contribution in [2.24, 2.45) is 0 Å². The van der Waals surface area contributed by atoms with Crippen LogP contribution in [0.2, 0.25) is 0 Å². The number of rotatable bonds is 5. The lowest BCUT2D eigenvalue weighted by Crippen LogP contribution is -2.45. The van der Waals surface area contributed by atoms with Crippen molar-refractivity contribution in [1.82, 2.24) is 4.90 Å². The monoisotopic (exact) mass is 374 g/mol. The van der Waals surface area contributed by atoms with Gasteiger partial charge in [-0.3, -0.25) is 4.90 Å². The summed E-state index contributed by atoms with van der Waals surface area (Å²) < 4.78 is 43.6. The first-order valence-corrected chi connectivity index (χ1v) is 7.24. The molecule has 1 aromatic carbocycles. The number of nitrogens with one attached hydrogen (secondary N) is 1. The predicted molar refractivity (Wildman–Crippen MR) is 90.9 cm³/mol. The van der Waals surface area contributed by atoms with Gasteiger partial charge >= 0.3 is 6.18 Å². The molecule has 23 heavy (non-hydrogen) atoms. The van der Waals surface area contributed by atoms with Crippen molar-refractivity contribution in [3.63, 3.8) is 0 Å². The minimum Gasteiger partial charge on any atom is -0.382 e. The van der Waals surface area contributed by atoms with E-state index in [9.17, 15) is 13.2 Å². The van der Waals surface area contributed by atoms with Gasteiger partial charge in [-0.2, -0.15) is 13.2 Å². The Labute approximate surface area is 147 Å². The summed E-state index contributed by atoms with van der Waals surface area (Å²) in [5.74, 6) is 0. The van der Waals surface area contributed by atoms with Crippen LogP contribution >= 0.6 is 24.8 Å². The summed E-state index contributed by atoms with van der Waals surface area (Å²) in [6, 6.07) is 5.26. The summed E-state index contributed by atoms with van der Waals surface area (Å²) in [7, 11) is 0. The van der Waals surface area contributed by atoms with E-state index in [1.54, 1.807) is 6.07 Å². The molecule has 0 aliphatic carbocycles. The normalized spacial score (nSPS) is 18.7. The molecule has 1 atom stereocenters. The summed E-state index contributed by atoms with van der Waals surface area (Å²) in [4.78, 5) is 2.32. The zero-order chi connectivity index (χ0) is 15.3. The molecule has 1 N–H and O–H groups in total. The van der Waals surface area contributed by atoms with Gasteiger partial charge in [0.1, 0.15) is 0 Å². The summed E-state index contributed by atoms with van der Waals surface area (Å²) in [6.07, 6.45) is -3.20. The molecule has 1 saturated heterocycles. The van der Waals surface area contributed by atoms with Crippen molar-refractivity contribution in [3.05, 3.63) is 29.8 Å². The highest BCUT2D eigenvalue weighted by Crippen LogP contribution is 2.30. The van der Waals surface area contributed by atoms with Crippen molar-refractivity contribution in [2.75, 3.05) is 38.1 Å². The average molecular weight is 375 g/mol. The quantitative estimate of drug-likeness (QED) is 0.840. The van der Waals surface area contributed by atoms with Gasteiger partial charge in [0, 0.05) is 25.3 Å². The standard InChI is InChI=1S/C15H21F3N2O.2ClH/c1-2-6-20-7-8-21-14(11-20)10-19-13-5-3-4-12(9-13)15(16,17)18;;/h3-5,9,14,19H,2,6-8,10-11H2,1H3;2*1H. The highest BCUT2D eigenvalue weighted by molar-refractivity contribution is 5.85. The van der Waals surface area contributed by atoms with Gasteiger partial charge < -0.3 is 10.1 Å². The first kappa shape index (κ1) is 22.3. The third-order valence-corrected chi connectivity index (χ3v) is 3.49. The van der Waals surface area contributed by atoms with E-state index in [4.69, 9.17) is 4.74 Å². The number of morpholine rings is 1. The van der Waals surface area contributed by atoms with Crippen LogP contribution in [-0.4, -0.2) is 43.8 Å². The molecule has 1 unspecified atom stereocenters. The van der Waals surface area contributed by atoms with E-state index in [0.29, 0.717) is 18.8 Å². The molecule has 0 bridgehead atoms. The number of nitrogens with zero attached hydrogens (tertiary/aromatic N) is 1. The minimum absolute atomic E-state index is 0. The lowest BCUT2D eigenvalue weighted by atomic mass is 10.2. The van der Waals surface area contributed by atoms with E-state index < -0.39 is 11.7 Å². The zero-order valence-corrected chi connectivity index (χ0v) is 14.6. The van der Waals surface area contributed by atoms with Crippen LogP contribution in [0.5, 0.6) is 0 Å². The Bertz CT molecular complexity index is 459. The fraction of sp³-hybridized carbons (Fsp3) is 0.600. The number of ether oxygens (including phenoxy) is 1. The van der Waals surface area contributed by atoms with Crippen LogP contribution < -0.4 is 5.32 Å². The lowest BCUT2D eigenvalue weighted by molar-refractivity contribution is -0.137. The molecule has 0 spiro atoms. The summed E-state index contributed by atoms with van der Waals surface area (Å²) in [6.45, 7) is 6.10. The largest absolute Gasteiger partial charge is 0.416 e. The average Bonchev–Trinajstić information content (AvgIpc) is 2.45. The Morgan fingerprint density at radius 2 is 2.04 bits per heavy atom. The summed E-state index contributed by atoms with van der Waals surface area (Å²) in [5.41, 5.74) is -0.161. The number of anilines is 1. The second-order valence-corrected chi connectivity index (χ2v) is 5.25. The number of hydrogen-bond acceptors (Lipinski definition) is 3. The molecular weight excluding hydrogens is 352 g/mol. The van der Waals surface area contributed by atoms with Crippen molar-refractivity contribution >= 4 is 30.5 Å². The molecule has 2 rings (SSSR count). The molecule has 3 nitrogen and oxygen atoms in total. The molecule has 1 heterocycles. The lowest BCUT2D eigenvalue weighted by Gasteiger charge is -2.33. The molecule has 0 saturated carbocycles. The first-order chi connectivity index (χ1) is 9.99. The van der Waals surface area contributed by atoms with Crippen LogP contribution in [0.1, 0.15) is 18.9 Å². The Morgan fingerprint density at radius 3 is 2.70 bits per heavy atom. The van der Waals surface area contributed by atoms with E-state index in [1.165, 1.54) is 6.07 Å². The van der Waals surface area contributed by atoms with Crippen LogP contribution in [0.15, 0.2) is 24.3 Å². The Morgan fingerprint density at radius 1 is 1.30 bits per heavy atom. The van der Waals surface area contributed by atoms with E-state index >= 15 is 0 Å². The van der Waals surface area contributed by atoms with Crippen molar-refractivity contribution < 1.29 is 17.9 Å². The molecule has 1 aromatic rings. The Hall–Kier alpha value is -0.690. The van der Waals surface area contributed by atoms with Gasteiger partial charge in [-0.15, -0.1) is 24.8 Å². The topological polar surface area (TPSA) is 24.5 Å². The molecular formula is C15H23Cl2F3N2O. The van der Waals surface area contributed by atoms with E-state index in [1.807, 2.05) is 0 Å². The van der Waals surface area contributed by atoms with Gasteiger partial charge in [0.25, 0.3) is 0 Å². The fourth-order valence-corrected chi connectivity index (χ4v) is 2.46. The number of benzene rings is 1. The van der Waals surface area contributed by atoms with Crippen LogP contribution in [-0.2, 0) is 10.9 Å². The maximum absolute atomic E-state index is 12.6. The molecule has 0 radical (unpaired) electrons. The van der Waals surface area contributed by atoms with Gasteiger partial charge in [-0.1, -0.05) is 13.0 Å². The molecule has 1 aliphatic heterocycles. The fourth-order valence-electron chi connectivity index (χ4n) is 2.46. The van der Waals surface area contributed by atoms with Crippen LogP contribution in [0, 0.1) is 0 Å². The number of halogens is 5. The molecule has 0 amide bonds. The third kappa shape index (κ3) is 7.16. The first-order valence-electron chi connectivity index (χ1n) is 7.24. The maximum atomic E-state index is 12.6. The molecule has 134 valence electrons. The number of hydrogen-bond donors (Lipinski definition) is 1. The smallest absolute Gasteiger partial charge is 0.382 e. The molecule has 1 fully saturated rings. The second kappa shape index (κ2) is 10.2. The molecule has 0 aromatic heterocycles. The van der Waals surface area contributed by atoms with Gasteiger partial charge in [0.05, 0.1) is 18.3 Å². The van der Waals surface area contributed by atoms with Gasteiger partial charge in [0.2, 0.25) is 0 Å². The molecule has 8 heteroatoms. The van der Waals surface area contributed by atoms with E-state index in [2.05, 4.69) is 17.1 Å². The Kier molecular flexibility index (Phi) is 9.93. The second-order valence-electron chi connectivity index (χ2n) is 5.25. The maximum Gasteiger partial charge on any atom is 0.416 e. The molecule has 1 aliphatic rings. The van der Waals surface area contributed by atoms with Crippen molar-refractivity contribution in [3.8, 4) is 0 Å². The Balaban J connectivity index is 0.00000242. The third-order valence-electron chi connectivity index (χ3n) is 3.49. The highest BCUT2D eigenvalue weighted by atomic mass is 35.5. The van der Waals surface area contributed by atoms with Crippen LogP contribution in [0.4, 0.5) is 18.9 Å². The van der Waals surface area contributed by atoms with Gasteiger partial charge in [0.15, 0.2) is 0 Å². The van der Waals surface area contributed by atoms with E-state index in [0.717, 1.165) is 38.2 Å². The zero-order valence-electron chi connectivity index (χ0n) is 12.9. The van der Waals surface area contributed by atoms with Gasteiger partial charge in [-0.25, -0.2) is 0 Å². The highest BCUT2D eigenvalue weighted by Gasteiger charge is 2.30. The predicted octanol–water partition coefficient (Wildman–Crippen LogP) is 4.07. The van der Waals surface area contributed by atoms with Crippen molar-refractivity contribution in [2.45, 2.75) is 25.6 Å². The summed E-state index contributed by atoms with van der Waals surface area (Å²) in [5, 5.41) is 3.04. The van der Waals surface area contributed by atoms with Crippen LogP contribution in [0.25, 0.3) is 0 Å².